The predicted octanol–water partition coefficient (Wildman–Crippen LogP) is 26.7. The monoisotopic (exact) mass is 1420 g/mol. The van der Waals surface area contributed by atoms with Crippen LogP contribution in [0, 0.1) is 0 Å². The van der Waals surface area contributed by atoms with Crippen LogP contribution in [-0.2, 0) is 0 Å². The van der Waals surface area contributed by atoms with Crippen LogP contribution in [0.3, 0.4) is 0 Å². The van der Waals surface area contributed by atoms with Gasteiger partial charge in [-0.3, -0.25) is 9.13 Å². The highest BCUT2D eigenvalue weighted by molar-refractivity contribution is 7.26. The molecule has 0 unspecified atom stereocenters. The molecule has 0 amide bonds. The van der Waals surface area contributed by atoms with E-state index in [1.165, 1.54) is 135 Å². The van der Waals surface area contributed by atoms with Crippen molar-refractivity contribution in [3.05, 3.63) is 340 Å². The van der Waals surface area contributed by atoms with Crippen LogP contribution in [0.2, 0.25) is 0 Å². The number of benzene rings is 16. The third-order valence-electron chi connectivity index (χ3n) is 23.3. The van der Waals surface area contributed by atoms with Crippen LogP contribution in [0.4, 0.5) is 0 Å². The number of furan rings is 1. The highest BCUT2D eigenvalue weighted by Crippen LogP contribution is 2.51. The number of rotatable bonds is 6. The molecule has 508 valence electrons. The first-order valence-electron chi connectivity index (χ1n) is 37.3. The summed E-state index contributed by atoms with van der Waals surface area (Å²) in [6.45, 7) is 0. The molecule has 0 fully saturated rings. The molecule has 26 aromatic rings. The summed E-state index contributed by atoms with van der Waals surface area (Å²) in [7, 11) is 0. The van der Waals surface area contributed by atoms with Crippen molar-refractivity contribution in [1.82, 2.24) is 37.9 Å². The van der Waals surface area contributed by atoms with Crippen LogP contribution in [0.25, 0.3) is 240 Å². The number of nitrogens with zero attached hydrogens (tertiary/aromatic N) is 8. The van der Waals surface area contributed by atoms with Gasteiger partial charge in [-0.25, -0.2) is 19.9 Å². The number of para-hydroxylation sites is 5. The molecule has 10 aromatic heterocycles. The van der Waals surface area contributed by atoms with Crippen molar-refractivity contribution in [2.45, 2.75) is 0 Å². The first kappa shape index (κ1) is 59.7. The van der Waals surface area contributed by atoms with E-state index in [-0.39, 0.29) is 0 Å². The van der Waals surface area contributed by atoms with Crippen LogP contribution < -0.4 is 0 Å². The molecule has 0 saturated carbocycles. The highest BCUT2D eigenvalue weighted by atomic mass is 32.1. The fourth-order valence-corrected chi connectivity index (χ4v) is 19.6. The van der Waals surface area contributed by atoms with Crippen molar-refractivity contribution in [3.63, 3.8) is 0 Å². The molecule has 9 nitrogen and oxygen atoms in total. The van der Waals surface area contributed by atoms with Gasteiger partial charge in [0.2, 0.25) is 11.9 Å². The number of hydrogen-bond donors (Lipinski definition) is 0. The molecular formula is C100H56N8OS. The lowest BCUT2D eigenvalue weighted by Crippen LogP contribution is -2.03. The minimum absolute atomic E-state index is 0.613. The Morgan fingerprint density at radius 3 is 1.21 bits per heavy atom. The summed E-state index contributed by atoms with van der Waals surface area (Å²) >= 11 is 1.77. The summed E-state index contributed by atoms with van der Waals surface area (Å²) < 4.78 is 18.5. The molecule has 0 radical (unpaired) electrons. The molecule has 0 bridgehead atoms. The largest absolute Gasteiger partial charge is 0.452 e. The molecule has 0 spiro atoms. The van der Waals surface area contributed by atoms with Crippen molar-refractivity contribution >= 4 is 195 Å². The molecule has 0 aliphatic carbocycles. The van der Waals surface area contributed by atoms with Crippen LogP contribution in [0.15, 0.2) is 344 Å². The number of thiophene rings is 1. The fraction of sp³-hybridized carbons (Fsp3) is 0. The van der Waals surface area contributed by atoms with Gasteiger partial charge < -0.3 is 13.2 Å². The van der Waals surface area contributed by atoms with Gasteiger partial charge in [0.15, 0.2) is 5.58 Å². The number of aromatic nitrogens is 8. The molecule has 0 N–H and O–H groups in total. The van der Waals surface area contributed by atoms with Gasteiger partial charge in [-0.05, 0) is 135 Å². The topological polar surface area (TPSA) is 83.4 Å². The Morgan fingerprint density at radius 2 is 0.655 bits per heavy atom. The summed E-state index contributed by atoms with van der Waals surface area (Å²) in [5.74, 6) is 1.29. The van der Waals surface area contributed by atoms with E-state index in [2.05, 4.69) is 339 Å². The third-order valence-corrected chi connectivity index (χ3v) is 24.4. The first-order chi connectivity index (χ1) is 54.6. The van der Waals surface area contributed by atoms with Gasteiger partial charge in [0, 0.05) is 91.2 Å². The van der Waals surface area contributed by atoms with Crippen LogP contribution in [-0.4, -0.2) is 37.9 Å². The zero-order chi connectivity index (χ0) is 71.6. The Balaban J connectivity index is 0.000000126. The molecule has 26 rings (SSSR count). The molecule has 10 heteroatoms. The molecule has 0 saturated heterocycles. The van der Waals surface area contributed by atoms with Gasteiger partial charge in [-0.1, -0.05) is 249 Å². The van der Waals surface area contributed by atoms with Crippen molar-refractivity contribution in [2.24, 2.45) is 0 Å². The van der Waals surface area contributed by atoms with Gasteiger partial charge >= 0.3 is 0 Å². The molecular weight excluding hydrogens is 1360 g/mol. The van der Waals surface area contributed by atoms with E-state index < -0.39 is 0 Å². The highest BCUT2D eigenvalue weighted by Gasteiger charge is 2.30. The summed E-state index contributed by atoms with van der Waals surface area (Å²) in [5, 5.41) is 21.4. The second-order valence-corrected chi connectivity index (χ2v) is 30.2. The minimum Gasteiger partial charge on any atom is -0.452 e. The Hall–Kier alpha value is -14.6. The third kappa shape index (κ3) is 8.33. The van der Waals surface area contributed by atoms with E-state index in [4.69, 9.17) is 24.4 Å². The maximum absolute atomic E-state index is 6.59. The van der Waals surface area contributed by atoms with Gasteiger partial charge in [0.1, 0.15) is 16.8 Å². The van der Waals surface area contributed by atoms with E-state index in [1.54, 1.807) is 11.3 Å². The van der Waals surface area contributed by atoms with Crippen molar-refractivity contribution in [2.75, 3.05) is 0 Å². The summed E-state index contributed by atoms with van der Waals surface area (Å²) in [5.41, 5.74) is 23.6. The van der Waals surface area contributed by atoms with Crippen molar-refractivity contribution < 1.29 is 4.42 Å². The van der Waals surface area contributed by atoms with Gasteiger partial charge in [0.25, 0.3) is 0 Å². The lowest BCUT2D eigenvalue weighted by atomic mass is 10.00. The van der Waals surface area contributed by atoms with Crippen LogP contribution in [0.5, 0.6) is 0 Å². The Labute approximate surface area is 629 Å². The number of hydrogen-bond acceptors (Lipinski definition) is 6. The van der Waals surface area contributed by atoms with E-state index in [0.29, 0.717) is 17.5 Å². The lowest BCUT2D eigenvalue weighted by Gasteiger charge is -2.11. The van der Waals surface area contributed by atoms with Gasteiger partial charge in [-0.2, -0.15) is 0 Å². The molecule has 110 heavy (non-hydrogen) atoms. The van der Waals surface area contributed by atoms with E-state index >= 15 is 0 Å². The molecule has 0 aliphatic rings. The number of fused-ring (bicyclic) bond motifs is 28. The average Bonchev–Trinajstić information content (AvgIpc) is 1.52. The van der Waals surface area contributed by atoms with Gasteiger partial charge in [0.05, 0.1) is 71.1 Å². The quantitative estimate of drug-likeness (QED) is 0.166. The molecule has 10 heterocycles. The van der Waals surface area contributed by atoms with Crippen molar-refractivity contribution in [1.29, 1.82) is 0 Å². The van der Waals surface area contributed by atoms with Crippen LogP contribution >= 0.6 is 11.3 Å². The summed E-state index contributed by atoms with van der Waals surface area (Å²) in [4.78, 5) is 22.0. The summed E-state index contributed by atoms with van der Waals surface area (Å²) in [6, 6.07) is 122. The molecule has 0 atom stereocenters. The normalized spacial score (nSPS) is 12.4. The SMILES string of the molecule is c1ccc(-c2ccc3c(c2)c2cc4c5ccccc5n(-c5nc(-c6ccc7ccccc7c6)c6oc7ccccc7c6n5)c4c4c5ccccc5n3c24)cc1.c1ccc(-c2ccc3c(c2)c2cc4c5ccccc5n(-c5nc(-c6ccc7ccccc7c6)c6sc7ccccc7c6n5)c4c4c5ccccc5n3c24)cc1. The van der Waals surface area contributed by atoms with E-state index in [0.717, 1.165) is 87.4 Å². The Bertz CT molecular complexity index is 7930. The fourth-order valence-electron chi connectivity index (χ4n) is 18.5. The standard InChI is InChI=1S/C50H28N4O.C50H28N4S/c2*1-2-12-29(13-3-1)32-24-25-42-37(27-32)39-28-38-34-16-6-9-19-40(34)54(48(38)44-35-17-7-10-20-41(35)53(42)47(39)44)50-51-45(33-23-22-30-14-4-5-15-31(30)26-33)49-46(52-50)36-18-8-11-21-43(36)55-49/h2*1-28H. The predicted molar refractivity (Wildman–Crippen MR) is 459 cm³/mol. The van der Waals surface area contributed by atoms with Crippen molar-refractivity contribution in [3.8, 4) is 56.7 Å². The maximum Gasteiger partial charge on any atom is 0.236 e. The lowest BCUT2D eigenvalue weighted by molar-refractivity contribution is 0.666. The van der Waals surface area contributed by atoms with Crippen LogP contribution in [0.1, 0.15) is 0 Å². The average molecular weight is 1420 g/mol. The van der Waals surface area contributed by atoms with E-state index in [9.17, 15) is 0 Å². The maximum atomic E-state index is 6.59. The second kappa shape index (κ2) is 22.5. The zero-order valence-electron chi connectivity index (χ0n) is 58.7. The zero-order valence-corrected chi connectivity index (χ0v) is 59.5. The van der Waals surface area contributed by atoms with Gasteiger partial charge in [-0.15, -0.1) is 11.3 Å². The van der Waals surface area contributed by atoms with E-state index in [1.807, 2.05) is 18.2 Å². The Morgan fingerprint density at radius 1 is 0.245 bits per heavy atom. The second-order valence-electron chi connectivity index (χ2n) is 29.1. The smallest absolute Gasteiger partial charge is 0.236 e. The molecule has 0 aliphatic heterocycles. The minimum atomic E-state index is 0.613. The Kier molecular flexibility index (Phi) is 12.2. The first-order valence-corrected chi connectivity index (χ1v) is 38.2. The molecule has 16 aromatic carbocycles. The summed E-state index contributed by atoms with van der Waals surface area (Å²) in [6.07, 6.45) is 0.